The van der Waals surface area contributed by atoms with Crippen LogP contribution in [0.5, 0.6) is 0 Å². The van der Waals surface area contributed by atoms with Crippen LogP contribution in [0, 0.1) is 5.82 Å². The molecule has 2 aliphatic heterocycles. The van der Waals surface area contributed by atoms with Gasteiger partial charge in [0.15, 0.2) is 0 Å². The molecular weight excluding hydrogens is 386 g/mol. The van der Waals surface area contributed by atoms with Crippen LogP contribution in [0.2, 0.25) is 0 Å². The van der Waals surface area contributed by atoms with Crippen molar-refractivity contribution in [1.82, 2.24) is 4.90 Å². The summed E-state index contributed by atoms with van der Waals surface area (Å²) >= 11 is 0. The van der Waals surface area contributed by atoms with E-state index in [4.69, 9.17) is 14.6 Å². The van der Waals surface area contributed by atoms with Gasteiger partial charge in [0.1, 0.15) is 11.9 Å². The van der Waals surface area contributed by atoms with Gasteiger partial charge in [0, 0.05) is 31.6 Å². The number of halogens is 4. The van der Waals surface area contributed by atoms with Crippen LogP contribution >= 0.6 is 0 Å². The number of likely N-dealkylation sites (tertiary alicyclic amines) is 1. The molecule has 0 radical (unpaired) electrons. The molecule has 2 saturated heterocycles. The normalized spacial score (nSPS) is 25.1. The summed E-state index contributed by atoms with van der Waals surface area (Å²) in [4.78, 5) is 10.3. The lowest BCUT2D eigenvalue weighted by Gasteiger charge is -2.46. The summed E-state index contributed by atoms with van der Waals surface area (Å²) in [6.07, 6.45) is -4.63. The van der Waals surface area contributed by atoms with E-state index in [2.05, 4.69) is 0 Å². The Bertz CT molecular complexity index is 662. The van der Waals surface area contributed by atoms with E-state index in [0.717, 1.165) is 6.07 Å². The number of benzene rings is 1. The van der Waals surface area contributed by atoms with Gasteiger partial charge in [0.25, 0.3) is 6.47 Å². The van der Waals surface area contributed by atoms with Crippen LogP contribution in [0.1, 0.15) is 30.4 Å². The summed E-state index contributed by atoms with van der Waals surface area (Å²) in [5.41, 5.74) is -1.24. The highest BCUT2D eigenvalue weighted by atomic mass is 19.4. The number of nitrogens with zero attached hydrogens (tertiary/aromatic N) is 1. The number of carboxylic acid groups (broad SMARTS) is 1. The molecule has 1 aromatic carbocycles. The minimum Gasteiger partial charge on any atom is -0.483 e. The molecule has 0 bridgehead atoms. The number of alkyl halides is 3. The molecule has 158 valence electrons. The maximum atomic E-state index is 14.0. The van der Waals surface area contributed by atoms with E-state index in [1.165, 1.54) is 6.07 Å². The van der Waals surface area contributed by atoms with Gasteiger partial charge in [-0.2, -0.15) is 13.2 Å². The van der Waals surface area contributed by atoms with Gasteiger partial charge in [-0.3, -0.25) is 9.69 Å². The molecule has 2 aliphatic rings. The zero-order valence-electron chi connectivity index (χ0n) is 15.0. The van der Waals surface area contributed by atoms with Gasteiger partial charge in [-0.25, -0.2) is 4.39 Å². The Morgan fingerprint density at radius 3 is 2.32 bits per heavy atom. The van der Waals surface area contributed by atoms with E-state index in [-0.39, 0.29) is 25.2 Å². The Morgan fingerprint density at radius 2 is 1.82 bits per heavy atom. The van der Waals surface area contributed by atoms with Crippen molar-refractivity contribution in [3.05, 3.63) is 35.1 Å². The number of rotatable bonds is 2. The van der Waals surface area contributed by atoms with Crippen molar-refractivity contribution in [3.8, 4) is 0 Å². The number of aliphatic hydroxyl groups excluding tert-OH is 2. The smallest absolute Gasteiger partial charge is 0.416 e. The van der Waals surface area contributed by atoms with E-state index in [1.807, 2.05) is 4.90 Å². The molecule has 0 aliphatic carbocycles. The maximum absolute atomic E-state index is 14.0. The van der Waals surface area contributed by atoms with Gasteiger partial charge in [0.05, 0.1) is 23.9 Å². The maximum Gasteiger partial charge on any atom is 0.416 e. The summed E-state index contributed by atoms with van der Waals surface area (Å²) in [6, 6.07) is 2.61. The third-order valence-corrected chi connectivity index (χ3v) is 5.13. The fourth-order valence-electron chi connectivity index (χ4n) is 3.51. The second-order valence-corrected chi connectivity index (χ2v) is 7.02. The minimum atomic E-state index is -4.55. The van der Waals surface area contributed by atoms with E-state index in [1.54, 1.807) is 0 Å². The number of hydrogen-bond donors (Lipinski definition) is 3. The van der Waals surface area contributed by atoms with E-state index >= 15 is 0 Å². The van der Waals surface area contributed by atoms with Gasteiger partial charge in [-0.15, -0.1) is 0 Å². The molecule has 10 heteroatoms. The quantitative estimate of drug-likeness (QED) is 0.512. The fraction of sp³-hybridized carbons (Fsp3) is 0.611. The Balaban J connectivity index is 0.000000878. The van der Waals surface area contributed by atoms with Gasteiger partial charge in [-0.05, 0) is 25.0 Å². The molecule has 28 heavy (non-hydrogen) atoms. The first-order valence-electron chi connectivity index (χ1n) is 8.76. The summed E-state index contributed by atoms with van der Waals surface area (Å²) in [6.45, 7) is 1.24. The molecule has 0 unspecified atom stereocenters. The summed E-state index contributed by atoms with van der Waals surface area (Å²) in [5, 5.41) is 26.3. The number of aliphatic hydroxyl groups is 2. The highest BCUT2D eigenvalue weighted by Crippen LogP contribution is 2.36. The molecule has 0 amide bonds. The highest BCUT2D eigenvalue weighted by Gasteiger charge is 2.43. The predicted octanol–water partition coefficient (Wildman–Crippen LogP) is 2.02. The zero-order chi connectivity index (χ0) is 20.9. The SMILES string of the molecule is O=CO.O[C@@H]1CC2(CCN(Cc3ccc(C(F)(F)F)cc3F)CC2)OC[C@@H]1O. The molecule has 2 atom stereocenters. The summed E-state index contributed by atoms with van der Waals surface area (Å²) in [7, 11) is 0. The Labute approximate surface area is 159 Å². The first kappa shape index (κ1) is 22.5. The number of piperidine rings is 1. The van der Waals surface area contributed by atoms with Crippen LogP contribution in [0.15, 0.2) is 18.2 Å². The molecule has 1 spiro atoms. The fourth-order valence-corrected chi connectivity index (χ4v) is 3.51. The van der Waals surface area contributed by atoms with E-state index in [9.17, 15) is 27.8 Å². The molecule has 3 rings (SSSR count). The van der Waals surface area contributed by atoms with Crippen molar-refractivity contribution >= 4 is 6.47 Å². The van der Waals surface area contributed by atoms with Crippen LogP contribution in [0.3, 0.4) is 0 Å². The summed E-state index contributed by atoms with van der Waals surface area (Å²) < 4.78 is 57.5. The predicted molar refractivity (Wildman–Crippen MR) is 89.9 cm³/mol. The summed E-state index contributed by atoms with van der Waals surface area (Å²) in [5.74, 6) is -0.859. The van der Waals surface area contributed by atoms with Crippen molar-refractivity contribution in [2.24, 2.45) is 0 Å². The monoisotopic (exact) mass is 409 g/mol. The van der Waals surface area contributed by atoms with E-state index in [0.29, 0.717) is 38.4 Å². The average Bonchev–Trinajstić information content (AvgIpc) is 2.62. The molecule has 6 nitrogen and oxygen atoms in total. The minimum absolute atomic E-state index is 0.0920. The van der Waals surface area contributed by atoms with Crippen molar-refractivity contribution in [3.63, 3.8) is 0 Å². The molecule has 0 saturated carbocycles. The second kappa shape index (κ2) is 9.17. The Morgan fingerprint density at radius 1 is 1.21 bits per heavy atom. The highest BCUT2D eigenvalue weighted by molar-refractivity contribution is 5.32. The third kappa shape index (κ3) is 5.63. The van der Waals surface area contributed by atoms with Crippen LogP contribution < -0.4 is 0 Å². The zero-order valence-corrected chi connectivity index (χ0v) is 15.0. The topological polar surface area (TPSA) is 90.2 Å². The Hall–Kier alpha value is -1.75. The molecule has 3 N–H and O–H groups in total. The second-order valence-electron chi connectivity index (χ2n) is 7.02. The van der Waals surface area contributed by atoms with Gasteiger partial charge < -0.3 is 20.1 Å². The molecule has 2 heterocycles. The number of ether oxygens (including phenoxy) is 1. The largest absolute Gasteiger partial charge is 0.483 e. The lowest BCUT2D eigenvalue weighted by atomic mass is 9.82. The van der Waals surface area contributed by atoms with Crippen molar-refractivity contribution in [2.45, 2.75) is 49.8 Å². The Kier molecular flexibility index (Phi) is 7.38. The van der Waals surface area contributed by atoms with Crippen LogP contribution in [-0.2, 0) is 22.3 Å². The number of hydrogen-bond acceptors (Lipinski definition) is 5. The third-order valence-electron chi connectivity index (χ3n) is 5.13. The van der Waals surface area contributed by atoms with Crippen molar-refractivity contribution in [1.29, 1.82) is 0 Å². The van der Waals surface area contributed by atoms with Crippen LogP contribution in [0.4, 0.5) is 17.6 Å². The molecule has 1 aromatic rings. The lowest BCUT2D eigenvalue weighted by Crippen LogP contribution is -2.54. The molecule has 0 aromatic heterocycles. The van der Waals surface area contributed by atoms with Crippen LogP contribution in [0.25, 0.3) is 0 Å². The van der Waals surface area contributed by atoms with Crippen LogP contribution in [-0.4, -0.2) is 64.2 Å². The van der Waals surface area contributed by atoms with Gasteiger partial charge in [0.2, 0.25) is 0 Å². The molecule has 2 fully saturated rings. The molecular formula is C18H23F4NO5. The van der Waals surface area contributed by atoms with Gasteiger partial charge >= 0.3 is 6.18 Å². The standard InChI is InChI=1S/C17H21F4NO3.CH2O2/c18-13-7-12(17(19,20)21)2-1-11(13)9-22-5-3-16(4-6-22)8-14(23)15(24)10-25-16;2-1-3/h1-2,7,14-15,23-24H,3-6,8-10H2;1H,(H,2,3)/t14-,15+;/m1./s1. The van der Waals surface area contributed by atoms with Crippen molar-refractivity contribution in [2.75, 3.05) is 19.7 Å². The number of carbonyl (C=O) groups is 1. The van der Waals surface area contributed by atoms with Gasteiger partial charge in [-0.1, -0.05) is 6.07 Å². The van der Waals surface area contributed by atoms with Crippen molar-refractivity contribution < 1.29 is 42.4 Å². The first-order chi connectivity index (χ1) is 13.1. The first-order valence-corrected chi connectivity index (χ1v) is 8.76. The van der Waals surface area contributed by atoms with E-state index < -0.39 is 35.4 Å². The average molecular weight is 409 g/mol. The lowest BCUT2D eigenvalue weighted by molar-refractivity contribution is -0.188.